The summed E-state index contributed by atoms with van der Waals surface area (Å²) in [5, 5.41) is 6.86. The van der Waals surface area contributed by atoms with Crippen molar-refractivity contribution in [2.24, 2.45) is 11.8 Å². The van der Waals surface area contributed by atoms with Crippen molar-refractivity contribution in [1.29, 1.82) is 0 Å². The number of amides is 2. The Morgan fingerprint density at radius 2 is 1.97 bits per heavy atom. The van der Waals surface area contributed by atoms with Gasteiger partial charge < -0.3 is 15.5 Å². The van der Waals surface area contributed by atoms with E-state index in [9.17, 15) is 9.59 Å². The van der Waals surface area contributed by atoms with Crippen molar-refractivity contribution in [2.45, 2.75) is 71.0 Å². The molecule has 0 radical (unpaired) electrons. The zero-order valence-corrected chi connectivity index (χ0v) is 20.6. The molecule has 5 nitrogen and oxygen atoms in total. The molecular formula is C29H37N3O2. The van der Waals surface area contributed by atoms with E-state index in [1.165, 1.54) is 11.1 Å². The van der Waals surface area contributed by atoms with Crippen molar-refractivity contribution in [3.8, 4) is 0 Å². The van der Waals surface area contributed by atoms with Crippen LogP contribution in [0.25, 0.3) is 0 Å². The smallest absolute Gasteiger partial charge is 0.252 e. The second kappa shape index (κ2) is 9.53. The quantitative estimate of drug-likeness (QED) is 0.688. The molecule has 0 aliphatic carbocycles. The minimum atomic E-state index is -0.0878. The van der Waals surface area contributed by atoms with Gasteiger partial charge in [0, 0.05) is 18.2 Å². The van der Waals surface area contributed by atoms with Crippen LogP contribution in [-0.2, 0) is 17.6 Å². The Morgan fingerprint density at radius 3 is 2.74 bits per heavy atom. The van der Waals surface area contributed by atoms with Gasteiger partial charge in [-0.25, -0.2) is 0 Å². The summed E-state index contributed by atoms with van der Waals surface area (Å²) in [5.41, 5.74) is 5.39. The zero-order valence-electron chi connectivity index (χ0n) is 20.6. The lowest BCUT2D eigenvalue weighted by Gasteiger charge is -2.49. The summed E-state index contributed by atoms with van der Waals surface area (Å²) in [4.78, 5) is 29.3. The summed E-state index contributed by atoms with van der Waals surface area (Å²) in [6.45, 7) is 8.19. The van der Waals surface area contributed by atoms with Crippen LogP contribution in [0.1, 0.15) is 84.7 Å². The summed E-state index contributed by atoms with van der Waals surface area (Å²) in [6.07, 6.45) is 4.69. The zero-order chi connectivity index (χ0) is 23.8. The summed E-state index contributed by atoms with van der Waals surface area (Å²) < 4.78 is 0. The predicted octanol–water partition coefficient (Wildman–Crippen LogP) is 4.57. The molecule has 2 saturated heterocycles. The van der Waals surface area contributed by atoms with Crippen molar-refractivity contribution in [3.63, 3.8) is 0 Å². The number of fused-ring (bicyclic) bond motifs is 4. The van der Waals surface area contributed by atoms with E-state index in [1.807, 2.05) is 37.3 Å². The third-order valence-corrected chi connectivity index (χ3v) is 7.85. The lowest BCUT2D eigenvalue weighted by molar-refractivity contribution is -0.145. The second-order valence-electron chi connectivity index (χ2n) is 10.8. The molecule has 0 spiro atoms. The van der Waals surface area contributed by atoms with Crippen molar-refractivity contribution < 1.29 is 9.59 Å². The van der Waals surface area contributed by atoms with Crippen LogP contribution in [0.2, 0.25) is 0 Å². The molecule has 180 valence electrons. The number of hydrogen-bond acceptors (Lipinski definition) is 3. The molecule has 3 aliphatic heterocycles. The van der Waals surface area contributed by atoms with Gasteiger partial charge in [0.05, 0.1) is 18.0 Å². The third kappa shape index (κ3) is 4.38. The predicted molar refractivity (Wildman–Crippen MR) is 135 cm³/mol. The fraction of sp³-hybridized carbons (Fsp3) is 0.517. The normalized spacial score (nSPS) is 24.8. The van der Waals surface area contributed by atoms with Gasteiger partial charge in [-0.1, -0.05) is 50.2 Å². The van der Waals surface area contributed by atoms with Crippen LogP contribution in [0.4, 0.5) is 0 Å². The molecule has 3 aliphatic rings. The minimum absolute atomic E-state index is 0.0241. The lowest BCUT2D eigenvalue weighted by atomic mass is 9.75. The van der Waals surface area contributed by atoms with E-state index in [0.29, 0.717) is 5.92 Å². The Kier molecular flexibility index (Phi) is 6.48. The largest absolute Gasteiger partial charge is 0.346 e. The average Bonchev–Trinajstić information content (AvgIpc) is 2.83. The molecule has 5 heteroatoms. The standard InChI is InChI=1S/C29H37N3O2/c1-18(2)14-20-15-22-11-13-32-26(17-25-23(29(32)34)10-7-12-30-25)27(22)24(16-20)28(33)31-19(3)21-8-5-4-6-9-21/h4-6,8-9,15-16,18-19,23,25-26,30H,7,10-14,17H2,1-3H3,(H,31,33)/t19-,23-,25-,26-/m1/s1. The first kappa shape index (κ1) is 23.1. The highest BCUT2D eigenvalue weighted by Crippen LogP contribution is 2.43. The van der Waals surface area contributed by atoms with Gasteiger partial charge in [0.1, 0.15) is 0 Å². The number of carbonyl (C=O) groups is 2. The Bertz CT molecular complexity index is 1060. The summed E-state index contributed by atoms with van der Waals surface area (Å²) in [5.74, 6) is 0.837. The number of rotatable bonds is 5. The maximum Gasteiger partial charge on any atom is 0.252 e. The molecule has 4 atom stereocenters. The van der Waals surface area contributed by atoms with E-state index in [4.69, 9.17) is 0 Å². The number of benzene rings is 2. The third-order valence-electron chi connectivity index (χ3n) is 7.85. The average molecular weight is 460 g/mol. The Labute approximate surface area is 203 Å². The van der Waals surface area contributed by atoms with E-state index < -0.39 is 0 Å². The topological polar surface area (TPSA) is 61.4 Å². The minimum Gasteiger partial charge on any atom is -0.346 e. The molecule has 2 fully saturated rings. The summed E-state index contributed by atoms with van der Waals surface area (Å²) in [7, 11) is 0. The summed E-state index contributed by atoms with van der Waals surface area (Å²) >= 11 is 0. The fourth-order valence-electron chi connectivity index (χ4n) is 6.27. The number of carbonyl (C=O) groups excluding carboxylic acids is 2. The van der Waals surface area contributed by atoms with Crippen molar-refractivity contribution in [1.82, 2.24) is 15.5 Å². The first-order chi connectivity index (χ1) is 16.4. The van der Waals surface area contributed by atoms with Gasteiger partial charge in [-0.3, -0.25) is 9.59 Å². The molecule has 34 heavy (non-hydrogen) atoms. The molecule has 2 aromatic rings. The first-order valence-electron chi connectivity index (χ1n) is 13.0. The van der Waals surface area contributed by atoms with E-state index >= 15 is 0 Å². The van der Waals surface area contributed by atoms with Gasteiger partial charge in [0.2, 0.25) is 5.91 Å². The molecule has 3 heterocycles. The molecule has 0 saturated carbocycles. The number of nitrogens with zero attached hydrogens (tertiary/aromatic N) is 1. The molecule has 2 aromatic carbocycles. The highest BCUT2D eigenvalue weighted by atomic mass is 16.2. The van der Waals surface area contributed by atoms with Crippen LogP contribution in [0.5, 0.6) is 0 Å². The molecule has 2 amide bonds. The first-order valence-corrected chi connectivity index (χ1v) is 13.0. The van der Waals surface area contributed by atoms with Crippen LogP contribution in [0, 0.1) is 11.8 Å². The van der Waals surface area contributed by atoms with Gasteiger partial charge in [-0.05, 0) is 79.8 Å². The van der Waals surface area contributed by atoms with Crippen LogP contribution >= 0.6 is 0 Å². The van der Waals surface area contributed by atoms with Crippen LogP contribution in [0.15, 0.2) is 42.5 Å². The van der Waals surface area contributed by atoms with Gasteiger partial charge in [-0.15, -0.1) is 0 Å². The Balaban J connectivity index is 1.52. The van der Waals surface area contributed by atoms with Crippen LogP contribution < -0.4 is 10.6 Å². The van der Waals surface area contributed by atoms with Gasteiger partial charge in [0.25, 0.3) is 5.91 Å². The molecule has 0 unspecified atom stereocenters. The molecular weight excluding hydrogens is 422 g/mol. The van der Waals surface area contributed by atoms with E-state index in [0.717, 1.165) is 61.9 Å². The molecule has 0 bridgehead atoms. The van der Waals surface area contributed by atoms with Crippen LogP contribution in [0.3, 0.4) is 0 Å². The maximum absolute atomic E-state index is 13.7. The fourth-order valence-corrected chi connectivity index (χ4v) is 6.27. The van der Waals surface area contributed by atoms with E-state index in [1.54, 1.807) is 0 Å². The van der Waals surface area contributed by atoms with Crippen LogP contribution in [-0.4, -0.2) is 35.8 Å². The van der Waals surface area contributed by atoms with Crippen molar-refractivity contribution in [2.75, 3.05) is 13.1 Å². The molecule has 2 N–H and O–H groups in total. The Hall–Kier alpha value is -2.66. The maximum atomic E-state index is 13.7. The Morgan fingerprint density at radius 1 is 1.18 bits per heavy atom. The SMILES string of the molecule is CC(C)Cc1cc2c(c(C(=O)N[C@H](C)c3ccccc3)c1)[C@H]1C[C@H]3NCCC[C@H]3C(=O)N1CC2. The van der Waals surface area contributed by atoms with Crippen molar-refractivity contribution >= 4 is 11.8 Å². The van der Waals surface area contributed by atoms with Crippen molar-refractivity contribution in [3.05, 3.63) is 70.3 Å². The number of piperidine rings is 2. The van der Waals surface area contributed by atoms with Gasteiger partial charge in [0.15, 0.2) is 0 Å². The van der Waals surface area contributed by atoms with Gasteiger partial charge >= 0.3 is 0 Å². The van der Waals surface area contributed by atoms with Gasteiger partial charge in [-0.2, -0.15) is 0 Å². The molecule has 5 rings (SSSR count). The molecule has 0 aromatic heterocycles. The van der Waals surface area contributed by atoms with E-state index in [2.05, 4.69) is 41.5 Å². The summed E-state index contributed by atoms with van der Waals surface area (Å²) in [6, 6.07) is 14.6. The highest BCUT2D eigenvalue weighted by molar-refractivity contribution is 5.97. The highest BCUT2D eigenvalue weighted by Gasteiger charge is 2.46. The second-order valence-corrected chi connectivity index (χ2v) is 10.8. The number of hydrogen-bond donors (Lipinski definition) is 2. The lowest BCUT2D eigenvalue weighted by Crippen LogP contribution is -2.58. The number of nitrogens with one attached hydrogen (secondary N) is 2. The van der Waals surface area contributed by atoms with E-state index in [-0.39, 0.29) is 35.9 Å². The monoisotopic (exact) mass is 459 g/mol.